The van der Waals surface area contributed by atoms with Crippen molar-refractivity contribution in [3.05, 3.63) is 0 Å². The zero-order valence-electron chi connectivity index (χ0n) is 13.8. The number of unbranched alkanes of at least 4 members (excludes halogenated alkanes) is 2. The molecule has 114 valence electrons. The van der Waals surface area contributed by atoms with Gasteiger partial charge >= 0.3 is 0 Å². The topological polar surface area (TPSA) is 15.3 Å². The summed E-state index contributed by atoms with van der Waals surface area (Å²) in [6.07, 6.45) is 9.72. The van der Waals surface area contributed by atoms with Crippen molar-refractivity contribution in [2.24, 2.45) is 5.92 Å². The van der Waals surface area contributed by atoms with Crippen LogP contribution in [0, 0.1) is 5.92 Å². The van der Waals surface area contributed by atoms with Gasteiger partial charge in [0.25, 0.3) is 0 Å². The largest absolute Gasteiger partial charge is 0.312 e. The molecule has 0 heterocycles. The minimum Gasteiger partial charge on any atom is -0.312 e. The molecule has 0 aliphatic heterocycles. The Morgan fingerprint density at radius 2 is 1.84 bits per heavy atom. The van der Waals surface area contributed by atoms with Gasteiger partial charge in [0.05, 0.1) is 0 Å². The van der Waals surface area contributed by atoms with E-state index in [0.717, 1.165) is 12.0 Å². The van der Waals surface area contributed by atoms with Crippen molar-refractivity contribution in [2.75, 3.05) is 19.6 Å². The van der Waals surface area contributed by atoms with Crippen molar-refractivity contribution in [3.8, 4) is 0 Å². The van der Waals surface area contributed by atoms with E-state index in [0.29, 0.717) is 6.04 Å². The lowest BCUT2D eigenvalue weighted by Gasteiger charge is -2.32. The van der Waals surface area contributed by atoms with Crippen LogP contribution in [0.2, 0.25) is 0 Å². The lowest BCUT2D eigenvalue weighted by atomic mass is 9.86. The van der Waals surface area contributed by atoms with Gasteiger partial charge in [0.1, 0.15) is 0 Å². The average Bonchev–Trinajstić information content (AvgIpc) is 2.39. The maximum absolute atomic E-state index is 3.81. The Morgan fingerprint density at radius 1 is 1.11 bits per heavy atom. The standard InChI is InChI=1S/C17H36N2/c1-5-6-9-13-19(15(2)3)14-12-18-17-11-8-7-10-16(17)4/h15-18H,5-14H2,1-4H3. The Balaban J connectivity index is 2.19. The summed E-state index contributed by atoms with van der Waals surface area (Å²) < 4.78 is 0. The lowest BCUT2D eigenvalue weighted by Crippen LogP contribution is -2.43. The third-order valence-corrected chi connectivity index (χ3v) is 4.70. The molecule has 0 aromatic carbocycles. The number of hydrogen-bond acceptors (Lipinski definition) is 2. The van der Waals surface area contributed by atoms with E-state index in [1.54, 1.807) is 0 Å². The number of hydrogen-bond donors (Lipinski definition) is 1. The highest BCUT2D eigenvalue weighted by atomic mass is 15.2. The first-order valence-corrected chi connectivity index (χ1v) is 8.62. The normalized spacial score (nSPS) is 24.3. The molecule has 1 aliphatic carbocycles. The molecule has 0 amide bonds. The molecule has 1 aliphatic rings. The zero-order chi connectivity index (χ0) is 14.1. The molecule has 1 rings (SSSR count). The molecule has 2 heteroatoms. The van der Waals surface area contributed by atoms with E-state index in [4.69, 9.17) is 0 Å². The summed E-state index contributed by atoms with van der Waals surface area (Å²) in [4.78, 5) is 2.64. The van der Waals surface area contributed by atoms with Crippen LogP contribution in [0.25, 0.3) is 0 Å². The van der Waals surface area contributed by atoms with E-state index in [1.807, 2.05) is 0 Å². The molecule has 1 saturated carbocycles. The number of nitrogens with zero attached hydrogens (tertiary/aromatic N) is 1. The fourth-order valence-corrected chi connectivity index (χ4v) is 3.21. The Kier molecular flexibility index (Phi) is 8.72. The predicted octanol–water partition coefficient (Wildman–Crippen LogP) is 4.06. The number of nitrogens with one attached hydrogen (secondary N) is 1. The fraction of sp³-hybridized carbons (Fsp3) is 1.00. The molecule has 0 radical (unpaired) electrons. The van der Waals surface area contributed by atoms with Gasteiger partial charge in [-0.25, -0.2) is 0 Å². The van der Waals surface area contributed by atoms with Crippen LogP contribution in [0.1, 0.15) is 72.6 Å². The van der Waals surface area contributed by atoms with Crippen LogP contribution in [0.5, 0.6) is 0 Å². The van der Waals surface area contributed by atoms with Gasteiger partial charge in [0.2, 0.25) is 0 Å². The van der Waals surface area contributed by atoms with Crippen LogP contribution in [0.4, 0.5) is 0 Å². The monoisotopic (exact) mass is 268 g/mol. The van der Waals surface area contributed by atoms with E-state index in [-0.39, 0.29) is 0 Å². The van der Waals surface area contributed by atoms with Crippen LogP contribution in [-0.2, 0) is 0 Å². The Labute approximate surface area is 121 Å². The van der Waals surface area contributed by atoms with E-state index >= 15 is 0 Å². The molecule has 2 atom stereocenters. The molecule has 0 bridgehead atoms. The summed E-state index contributed by atoms with van der Waals surface area (Å²) in [5.41, 5.74) is 0. The second kappa shape index (κ2) is 9.77. The summed E-state index contributed by atoms with van der Waals surface area (Å²) in [5, 5.41) is 3.81. The van der Waals surface area contributed by atoms with Gasteiger partial charge in [-0.15, -0.1) is 0 Å². The maximum Gasteiger partial charge on any atom is 0.0110 e. The molecular formula is C17H36N2. The van der Waals surface area contributed by atoms with E-state index < -0.39 is 0 Å². The summed E-state index contributed by atoms with van der Waals surface area (Å²) in [5.74, 6) is 0.876. The summed E-state index contributed by atoms with van der Waals surface area (Å²) >= 11 is 0. The van der Waals surface area contributed by atoms with Crippen molar-refractivity contribution in [2.45, 2.75) is 84.7 Å². The minimum atomic E-state index is 0.683. The molecule has 1 N–H and O–H groups in total. The number of rotatable bonds is 9. The van der Waals surface area contributed by atoms with Gasteiger partial charge in [-0.3, -0.25) is 4.90 Å². The SMILES string of the molecule is CCCCCN(CCNC1CCCCC1C)C(C)C. The second-order valence-electron chi connectivity index (χ2n) is 6.66. The first kappa shape index (κ1) is 17.0. The molecule has 19 heavy (non-hydrogen) atoms. The third-order valence-electron chi connectivity index (χ3n) is 4.70. The van der Waals surface area contributed by atoms with Crippen molar-refractivity contribution in [1.29, 1.82) is 0 Å². The van der Waals surface area contributed by atoms with E-state index in [1.165, 1.54) is 64.6 Å². The minimum absolute atomic E-state index is 0.683. The van der Waals surface area contributed by atoms with Gasteiger partial charge in [0.15, 0.2) is 0 Å². The van der Waals surface area contributed by atoms with Gasteiger partial charge in [-0.05, 0) is 45.6 Å². The molecule has 0 aromatic heterocycles. The smallest absolute Gasteiger partial charge is 0.0110 e. The van der Waals surface area contributed by atoms with Crippen LogP contribution in [0.3, 0.4) is 0 Å². The van der Waals surface area contributed by atoms with Crippen molar-refractivity contribution < 1.29 is 0 Å². The van der Waals surface area contributed by atoms with Crippen LogP contribution in [-0.4, -0.2) is 36.6 Å². The molecule has 0 saturated heterocycles. The van der Waals surface area contributed by atoms with E-state index in [9.17, 15) is 0 Å². The van der Waals surface area contributed by atoms with Crippen LogP contribution >= 0.6 is 0 Å². The van der Waals surface area contributed by atoms with Crippen LogP contribution in [0.15, 0.2) is 0 Å². The van der Waals surface area contributed by atoms with E-state index in [2.05, 4.69) is 37.9 Å². The lowest BCUT2D eigenvalue weighted by molar-refractivity contribution is 0.203. The maximum atomic E-state index is 3.81. The first-order valence-electron chi connectivity index (χ1n) is 8.62. The van der Waals surface area contributed by atoms with Gasteiger partial charge in [-0.1, -0.05) is 39.5 Å². The molecule has 2 unspecified atom stereocenters. The highest BCUT2D eigenvalue weighted by Gasteiger charge is 2.20. The molecule has 1 fully saturated rings. The Bertz CT molecular complexity index is 215. The third kappa shape index (κ3) is 6.76. The molecule has 0 aromatic rings. The molecule has 2 nitrogen and oxygen atoms in total. The summed E-state index contributed by atoms with van der Waals surface area (Å²) in [6.45, 7) is 13.0. The van der Waals surface area contributed by atoms with Crippen molar-refractivity contribution >= 4 is 0 Å². The highest BCUT2D eigenvalue weighted by Crippen LogP contribution is 2.23. The van der Waals surface area contributed by atoms with Crippen molar-refractivity contribution in [1.82, 2.24) is 10.2 Å². The van der Waals surface area contributed by atoms with Gasteiger partial charge < -0.3 is 5.32 Å². The Morgan fingerprint density at radius 3 is 2.47 bits per heavy atom. The predicted molar refractivity (Wildman–Crippen MR) is 85.7 cm³/mol. The zero-order valence-corrected chi connectivity index (χ0v) is 13.8. The molecular weight excluding hydrogens is 232 g/mol. The highest BCUT2D eigenvalue weighted by molar-refractivity contribution is 4.78. The second-order valence-corrected chi connectivity index (χ2v) is 6.66. The van der Waals surface area contributed by atoms with Crippen LogP contribution < -0.4 is 5.32 Å². The average molecular weight is 268 g/mol. The quantitative estimate of drug-likeness (QED) is 0.635. The first-order chi connectivity index (χ1) is 9.15. The summed E-state index contributed by atoms with van der Waals surface area (Å²) in [6, 6.07) is 1.46. The molecule has 0 spiro atoms. The fourth-order valence-electron chi connectivity index (χ4n) is 3.21. The Hall–Kier alpha value is -0.0800. The van der Waals surface area contributed by atoms with Gasteiger partial charge in [-0.2, -0.15) is 0 Å². The summed E-state index contributed by atoms with van der Waals surface area (Å²) in [7, 11) is 0. The van der Waals surface area contributed by atoms with Gasteiger partial charge in [0, 0.05) is 25.2 Å². The van der Waals surface area contributed by atoms with Crippen molar-refractivity contribution in [3.63, 3.8) is 0 Å².